The van der Waals surface area contributed by atoms with Crippen LogP contribution in [0.3, 0.4) is 0 Å². The molecule has 2 amide bonds. The molecule has 1 heterocycles. The van der Waals surface area contributed by atoms with Gasteiger partial charge >= 0.3 is 5.97 Å². The summed E-state index contributed by atoms with van der Waals surface area (Å²) in [5.74, 6) is -2.28. The molecule has 1 rings (SSSR count). The monoisotopic (exact) mass is 292 g/mol. The summed E-state index contributed by atoms with van der Waals surface area (Å²) in [7, 11) is -3.02. The van der Waals surface area contributed by atoms with E-state index < -0.39 is 34.2 Å². The van der Waals surface area contributed by atoms with Gasteiger partial charge in [-0.2, -0.15) is 0 Å². The maximum Gasteiger partial charge on any atom is 0.322 e. The number of sulfone groups is 1. The molecule has 19 heavy (non-hydrogen) atoms. The maximum atomic E-state index is 11.5. The van der Waals surface area contributed by atoms with Gasteiger partial charge in [-0.3, -0.25) is 14.4 Å². The Labute approximate surface area is 110 Å². The predicted molar refractivity (Wildman–Crippen MR) is 65.0 cm³/mol. The highest BCUT2D eigenvalue weighted by Gasteiger charge is 2.29. The number of carbonyl (C=O) groups is 3. The molecule has 0 spiro atoms. The minimum atomic E-state index is -3.02. The number of carboxylic acid groups (broad SMARTS) is 1. The molecule has 1 fully saturated rings. The average Bonchev–Trinajstić information content (AvgIpc) is 2.63. The summed E-state index contributed by atoms with van der Waals surface area (Å²) in [6, 6.07) is 0. The van der Waals surface area contributed by atoms with Crippen molar-refractivity contribution in [1.82, 2.24) is 10.6 Å². The second kappa shape index (κ2) is 6.50. The quantitative estimate of drug-likeness (QED) is 0.526. The molecule has 1 saturated heterocycles. The van der Waals surface area contributed by atoms with Crippen LogP contribution in [0.1, 0.15) is 12.8 Å². The lowest BCUT2D eigenvalue weighted by Crippen LogP contribution is -2.39. The number of hydrogen-bond donors (Lipinski definition) is 3. The zero-order valence-electron chi connectivity index (χ0n) is 10.2. The first-order valence-corrected chi connectivity index (χ1v) is 7.56. The Kier molecular flexibility index (Phi) is 5.28. The first-order chi connectivity index (χ1) is 8.78. The Hall–Kier alpha value is -1.64. The minimum Gasteiger partial charge on any atom is -0.480 e. The van der Waals surface area contributed by atoms with E-state index in [1.165, 1.54) is 0 Å². The highest BCUT2D eigenvalue weighted by Crippen LogP contribution is 2.21. The van der Waals surface area contributed by atoms with E-state index in [4.69, 9.17) is 5.11 Å². The van der Waals surface area contributed by atoms with Crippen molar-refractivity contribution < 1.29 is 27.9 Å². The summed E-state index contributed by atoms with van der Waals surface area (Å²) in [5.41, 5.74) is 0. The Bertz CT molecular complexity index is 472. The lowest BCUT2D eigenvalue weighted by Gasteiger charge is -2.08. The summed E-state index contributed by atoms with van der Waals surface area (Å²) >= 11 is 0. The lowest BCUT2D eigenvalue weighted by atomic mass is 10.1. The average molecular weight is 292 g/mol. The molecule has 108 valence electrons. The molecule has 1 aliphatic heterocycles. The van der Waals surface area contributed by atoms with Crippen LogP contribution in [0.5, 0.6) is 0 Å². The van der Waals surface area contributed by atoms with Crippen LogP contribution in [-0.2, 0) is 24.2 Å². The molecule has 9 heteroatoms. The highest BCUT2D eigenvalue weighted by molar-refractivity contribution is 7.91. The van der Waals surface area contributed by atoms with Crippen LogP contribution in [0.15, 0.2) is 0 Å². The predicted octanol–water partition coefficient (Wildman–Crippen LogP) is -1.87. The first kappa shape index (κ1) is 15.4. The summed E-state index contributed by atoms with van der Waals surface area (Å²) < 4.78 is 22.4. The Morgan fingerprint density at radius 2 is 1.74 bits per heavy atom. The van der Waals surface area contributed by atoms with Gasteiger partial charge in [0, 0.05) is 6.42 Å². The van der Waals surface area contributed by atoms with Gasteiger partial charge in [0.1, 0.15) is 6.54 Å². The van der Waals surface area contributed by atoms with Crippen LogP contribution < -0.4 is 10.6 Å². The molecule has 0 aliphatic carbocycles. The molecule has 0 aromatic heterocycles. The molecule has 0 aromatic rings. The van der Waals surface area contributed by atoms with Crippen molar-refractivity contribution in [2.24, 2.45) is 5.92 Å². The summed E-state index contributed by atoms with van der Waals surface area (Å²) in [6.07, 6.45) is 0.520. The number of carbonyl (C=O) groups excluding carboxylic acids is 2. The molecule has 1 aliphatic rings. The van der Waals surface area contributed by atoms with Gasteiger partial charge in [0.2, 0.25) is 11.8 Å². The van der Waals surface area contributed by atoms with Crippen molar-refractivity contribution >= 4 is 27.6 Å². The third-order valence-electron chi connectivity index (χ3n) is 2.68. The zero-order chi connectivity index (χ0) is 14.5. The third kappa shape index (κ3) is 6.18. The van der Waals surface area contributed by atoms with Crippen molar-refractivity contribution in [2.45, 2.75) is 12.8 Å². The summed E-state index contributed by atoms with van der Waals surface area (Å²) in [6.45, 7) is -0.818. The van der Waals surface area contributed by atoms with Gasteiger partial charge < -0.3 is 15.7 Å². The van der Waals surface area contributed by atoms with Crippen LogP contribution in [0.4, 0.5) is 0 Å². The largest absolute Gasteiger partial charge is 0.480 e. The zero-order valence-corrected chi connectivity index (χ0v) is 11.0. The van der Waals surface area contributed by atoms with Gasteiger partial charge in [-0.1, -0.05) is 0 Å². The molecule has 0 radical (unpaired) electrons. The fourth-order valence-electron chi connectivity index (χ4n) is 1.78. The maximum absolute atomic E-state index is 11.5. The Morgan fingerprint density at radius 3 is 2.26 bits per heavy atom. The van der Waals surface area contributed by atoms with Crippen molar-refractivity contribution in [1.29, 1.82) is 0 Å². The lowest BCUT2D eigenvalue weighted by molar-refractivity contribution is -0.137. The van der Waals surface area contributed by atoms with Crippen LogP contribution in [0, 0.1) is 5.92 Å². The van der Waals surface area contributed by atoms with Crippen molar-refractivity contribution in [3.8, 4) is 0 Å². The number of aliphatic carboxylic acids is 1. The van der Waals surface area contributed by atoms with E-state index in [0.29, 0.717) is 6.42 Å². The fourth-order valence-corrected chi connectivity index (χ4v) is 3.64. The van der Waals surface area contributed by atoms with Gasteiger partial charge in [-0.15, -0.1) is 0 Å². The van der Waals surface area contributed by atoms with E-state index in [2.05, 4.69) is 10.6 Å². The molecular formula is C10H16N2O6S. The molecule has 3 N–H and O–H groups in total. The van der Waals surface area contributed by atoms with E-state index in [1.807, 2.05) is 0 Å². The second-order valence-electron chi connectivity index (χ2n) is 4.42. The molecule has 1 unspecified atom stereocenters. The van der Waals surface area contributed by atoms with Gasteiger partial charge in [0.15, 0.2) is 9.84 Å². The molecule has 8 nitrogen and oxygen atoms in total. The minimum absolute atomic E-state index is 0.00559. The van der Waals surface area contributed by atoms with E-state index in [-0.39, 0.29) is 30.4 Å². The summed E-state index contributed by atoms with van der Waals surface area (Å²) in [5, 5.41) is 12.7. The smallest absolute Gasteiger partial charge is 0.322 e. The highest BCUT2D eigenvalue weighted by atomic mass is 32.2. The SMILES string of the molecule is O=C(O)CNC(=O)CNC(=O)CC1CCS(=O)(=O)C1. The number of nitrogens with one attached hydrogen (secondary N) is 2. The number of carboxylic acids is 1. The van der Waals surface area contributed by atoms with E-state index in [0.717, 1.165) is 0 Å². The van der Waals surface area contributed by atoms with Crippen LogP contribution in [-0.4, -0.2) is 55.9 Å². The van der Waals surface area contributed by atoms with Gasteiger partial charge in [0.25, 0.3) is 0 Å². The van der Waals surface area contributed by atoms with Gasteiger partial charge in [-0.05, 0) is 12.3 Å². The van der Waals surface area contributed by atoms with Gasteiger partial charge in [0.05, 0.1) is 18.1 Å². The van der Waals surface area contributed by atoms with Crippen molar-refractivity contribution in [3.63, 3.8) is 0 Å². The van der Waals surface area contributed by atoms with Crippen molar-refractivity contribution in [2.75, 3.05) is 24.6 Å². The normalized spacial score (nSPS) is 20.7. The number of rotatable bonds is 6. The molecule has 0 bridgehead atoms. The molecule has 1 atom stereocenters. The molecular weight excluding hydrogens is 276 g/mol. The van der Waals surface area contributed by atoms with Crippen LogP contribution in [0.25, 0.3) is 0 Å². The Balaban J connectivity index is 2.21. The molecule has 0 aromatic carbocycles. The van der Waals surface area contributed by atoms with Gasteiger partial charge in [-0.25, -0.2) is 8.42 Å². The first-order valence-electron chi connectivity index (χ1n) is 5.74. The third-order valence-corrected chi connectivity index (χ3v) is 4.52. The van der Waals surface area contributed by atoms with Crippen LogP contribution in [0.2, 0.25) is 0 Å². The number of hydrogen-bond acceptors (Lipinski definition) is 5. The van der Waals surface area contributed by atoms with Crippen LogP contribution >= 0.6 is 0 Å². The van der Waals surface area contributed by atoms with Crippen molar-refractivity contribution in [3.05, 3.63) is 0 Å². The number of amides is 2. The second-order valence-corrected chi connectivity index (χ2v) is 6.65. The molecule has 0 saturated carbocycles. The Morgan fingerprint density at radius 1 is 1.11 bits per heavy atom. The van der Waals surface area contributed by atoms with E-state index in [9.17, 15) is 22.8 Å². The summed E-state index contributed by atoms with van der Waals surface area (Å²) in [4.78, 5) is 32.7. The topological polar surface area (TPSA) is 130 Å². The fraction of sp³-hybridized carbons (Fsp3) is 0.700. The van der Waals surface area contributed by atoms with E-state index >= 15 is 0 Å². The standard InChI is InChI=1S/C10H16N2O6S/c13-8(3-7-1-2-19(17,18)6-7)11-4-9(14)12-5-10(15)16/h7H,1-6H2,(H,11,13)(H,12,14)(H,15,16). The van der Waals surface area contributed by atoms with E-state index in [1.54, 1.807) is 0 Å².